The zero-order chi connectivity index (χ0) is 21.0. The maximum Gasteiger partial charge on any atom is 0.254 e. The van der Waals surface area contributed by atoms with Gasteiger partial charge in [0.25, 0.3) is 5.91 Å². The second kappa shape index (κ2) is 6.93. The lowest BCUT2D eigenvalue weighted by Crippen LogP contribution is -2.34. The van der Waals surface area contributed by atoms with Crippen molar-refractivity contribution in [2.75, 3.05) is 31.1 Å². The van der Waals surface area contributed by atoms with Gasteiger partial charge in [-0.1, -0.05) is 11.6 Å². The molecule has 2 atom stereocenters. The zero-order valence-electron chi connectivity index (χ0n) is 16.5. The number of aryl methyl sites for hydroxylation is 1. The van der Waals surface area contributed by atoms with Gasteiger partial charge in [0.05, 0.1) is 5.56 Å². The van der Waals surface area contributed by atoms with Crippen LogP contribution >= 0.6 is 0 Å². The van der Waals surface area contributed by atoms with Gasteiger partial charge in [-0.25, -0.2) is 8.78 Å². The Morgan fingerprint density at radius 1 is 0.967 bits per heavy atom. The zero-order valence-corrected chi connectivity index (χ0v) is 16.5. The van der Waals surface area contributed by atoms with Crippen LogP contribution in [0.1, 0.15) is 15.9 Å². The van der Waals surface area contributed by atoms with Gasteiger partial charge in [-0.2, -0.15) is 0 Å². The van der Waals surface area contributed by atoms with E-state index in [1.54, 1.807) is 6.07 Å². The van der Waals surface area contributed by atoms with Gasteiger partial charge in [0.1, 0.15) is 0 Å². The maximum absolute atomic E-state index is 13.6. The maximum atomic E-state index is 13.6. The van der Waals surface area contributed by atoms with Gasteiger partial charge < -0.3 is 14.8 Å². The Morgan fingerprint density at radius 2 is 1.70 bits per heavy atom. The van der Waals surface area contributed by atoms with Crippen LogP contribution in [0.2, 0.25) is 0 Å². The van der Waals surface area contributed by atoms with Crippen LogP contribution in [0.3, 0.4) is 0 Å². The van der Waals surface area contributed by atoms with Crippen LogP contribution in [-0.4, -0.2) is 42.0 Å². The summed E-state index contributed by atoms with van der Waals surface area (Å²) in [4.78, 5) is 32.0. The molecule has 5 rings (SSSR count). The molecule has 0 radical (unpaired) electrons. The highest BCUT2D eigenvalue weighted by Crippen LogP contribution is 2.35. The van der Waals surface area contributed by atoms with Crippen LogP contribution in [0.5, 0.6) is 0 Å². The highest BCUT2D eigenvalue weighted by atomic mass is 19.2. The third-order valence-corrected chi connectivity index (χ3v) is 6.27. The molecule has 2 aliphatic heterocycles. The van der Waals surface area contributed by atoms with Crippen molar-refractivity contribution >= 4 is 22.5 Å². The lowest BCUT2D eigenvalue weighted by molar-refractivity contribution is 0.0784. The summed E-state index contributed by atoms with van der Waals surface area (Å²) in [6, 6.07) is 11.0. The van der Waals surface area contributed by atoms with E-state index in [0.29, 0.717) is 42.9 Å². The summed E-state index contributed by atoms with van der Waals surface area (Å²) in [5, 5.41) is 0.750. The van der Waals surface area contributed by atoms with Gasteiger partial charge in [0.15, 0.2) is 11.6 Å². The number of hydrogen-bond donors (Lipinski definition) is 1. The first-order chi connectivity index (χ1) is 14.4. The number of pyridine rings is 1. The number of halogens is 2. The summed E-state index contributed by atoms with van der Waals surface area (Å²) in [5.41, 5.74) is 2.47. The first-order valence-electron chi connectivity index (χ1n) is 10.0. The van der Waals surface area contributed by atoms with Gasteiger partial charge in [0, 0.05) is 66.7 Å². The predicted molar refractivity (Wildman–Crippen MR) is 111 cm³/mol. The SMILES string of the molecule is Cc1ccc2[nH]c(=O)cc(C(=O)N3CC4CN(c5ccc(F)c(F)c5)CC4C3)c2c1. The van der Waals surface area contributed by atoms with E-state index in [1.807, 2.05) is 34.9 Å². The molecule has 2 saturated heterocycles. The number of aromatic amines is 1. The van der Waals surface area contributed by atoms with Gasteiger partial charge in [-0.3, -0.25) is 9.59 Å². The molecule has 2 aliphatic rings. The smallest absolute Gasteiger partial charge is 0.254 e. The molecule has 3 heterocycles. The van der Waals surface area contributed by atoms with Gasteiger partial charge in [-0.15, -0.1) is 0 Å². The number of carbonyl (C=O) groups is 1. The molecule has 1 aromatic heterocycles. The number of rotatable bonds is 2. The second-order valence-electron chi connectivity index (χ2n) is 8.33. The Labute approximate surface area is 171 Å². The summed E-state index contributed by atoms with van der Waals surface area (Å²) in [5.74, 6) is -1.31. The van der Waals surface area contributed by atoms with Crippen molar-refractivity contribution in [2.45, 2.75) is 6.92 Å². The fourth-order valence-electron chi connectivity index (χ4n) is 4.77. The minimum absolute atomic E-state index is 0.134. The molecule has 0 spiro atoms. The third kappa shape index (κ3) is 3.14. The molecular weight excluding hydrogens is 388 g/mol. The highest BCUT2D eigenvalue weighted by molar-refractivity contribution is 6.06. The van der Waals surface area contributed by atoms with Crippen LogP contribution in [0.4, 0.5) is 14.5 Å². The quantitative estimate of drug-likeness (QED) is 0.707. The minimum Gasteiger partial charge on any atom is -0.371 e. The Morgan fingerprint density at radius 3 is 2.40 bits per heavy atom. The number of fused-ring (bicyclic) bond motifs is 2. The van der Waals surface area contributed by atoms with Crippen LogP contribution in [-0.2, 0) is 0 Å². The van der Waals surface area contributed by atoms with E-state index in [0.717, 1.165) is 17.0 Å². The molecule has 3 aromatic rings. The van der Waals surface area contributed by atoms with Gasteiger partial charge in [-0.05, 0) is 31.2 Å². The molecule has 30 heavy (non-hydrogen) atoms. The van der Waals surface area contributed by atoms with E-state index in [4.69, 9.17) is 0 Å². The van der Waals surface area contributed by atoms with Crippen molar-refractivity contribution < 1.29 is 13.6 Å². The Balaban J connectivity index is 1.36. The number of likely N-dealkylation sites (tertiary alicyclic amines) is 1. The summed E-state index contributed by atoms with van der Waals surface area (Å²) in [6.07, 6.45) is 0. The minimum atomic E-state index is -0.852. The number of nitrogens with zero attached hydrogens (tertiary/aromatic N) is 2. The van der Waals surface area contributed by atoms with Gasteiger partial charge >= 0.3 is 0 Å². The summed E-state index contributed by atoms with van der Waals surface area (Å²) < 4.78 is 26.8. The van der Waals surface area contributed by atoms with E-state index < -0.39 is 11.6 Å². The number of nitrogens with one attached hydrogen (secondary N) is 1. The molecule has 1 N–H and O–H groups in total. The Kier molecular flexibility index (Phi) is 4.34. The number of aromatic nitrogens is 1. The van der Waals surface area contributed by atoms with Crippen molar-refractivity contribution in [1.29, 1.82) is 0 Å². The predicted octanol–water partition coefficient (Wildman–Crippen LogP) is 3.32. The summed E-state index contributed by atoms with van der Waals surface area (Å²) in [6.45, 7) is 4.50. The second-order valence-corrected chi connectivity index (χ2v) is 8.33. The molecule has 0 bridgehead atoms. The largest absolute Gasteiger partial charge is 0.371 e. The topological polar surface area (TPSA) is 56.4 Å². The molecule has 7 heteroatoms. The third-order valence-electron chi connectivity index (χ3n) is 6.27. The van der Waals surface area contributed by atoms with Crippen molar-refractivity contribution in [1.82, 2.24) is 9.88 Å². The number of benzene rings is 2. The van der Waals surface area contributed by atoms with Crippen LogP contribution < -0.4 is 10.5 Å². The molecule has 0 saturated carbocycles. The number of H-pyrrole nitrogens is 1. The number of amides is 1. The molecular formula is C23H21F2N3O2. The van der Waals surface area contributed by atoms with E-state index >= 15 is 0 Å². The monoisotopic (exact) mass is 409 g/mol. The van der Waals surface area contributed by atoms with E-state index in [-0.39, 0.29) is 23.3 Å². The number of anilines is 1. The molecule has 5 nitrogen and oxygen atoms in total. The normalized spacial score (nSPS) is 20.8. The molecule has 2 fully saturated rings. The van der Waals surface area contributed by atoms with Crippen LogP contribution in [0, 0.1) is 30.4 Å². The van der Waals surface area contributed by atoms with Gasteiger partial charge in [0.2, 0.25) is 5.56 Å². The van der Waals surface area contributed by atoms with Crippen LogP contribution in [0.25, 0.3) is 10.9 Å². The average Bonchev–Trinajstić information content (AvgIpc) is 3.28. The molecule has 154 valence electrons. The standard InChI is InChI=1S/C23H21F2N3O2/c1-13-2-5-21-17(6-13)18(8-22(29)26-21)23(30)28-11-14-9-27(10-15(14)12-28)16-3-4-19(24)20(25)7-16/h2-8,14-15H,9-12H2,1H3,(H,26,29). The first-order valence-corrected chi connectivity index (χ1v) is 10.0. The molecule has 2 unspecified atom stereocenters. The lowest BCUT2D eigenvalue weighted by atomic mass is 10.0. The van der Waals surface area contributed by atoms with Crippen molar-refractivity contribution in [3.63, 3.8) is 0 Å². The summed E-state index contributed by atoms with van der Waals surface area (Å²) in [7, 11) is 0. The van der Waals surface area contributed by atoms with Crippen molar-refractivity contribution in [3.05, 3.63) is 75.6 Å². The van der Waals surface area contributed by atoms with Crippen LogP contribution in [0.15, 0.2) is 47.3 Å². The van der Waals surface area contributed by atoms with Crippen molar-refractivity contribution in [3.8, 4) is 0 Å². The fourth-order valence-corrected chi connectivity index (χ4v) is 4.77. The molecule has 1 amide bonds. The first kappa shape index (κ1) is 18.8. The van der Waals surface area contributed by atoms with E-state index in [1.165, 1.54) is 12.1 Å². The molecule has 0 aliphatic carbocycles. The molecule has 2 aromatic carbocycles. The fraction of sp³-hybridized carbons (Fsp3) is 0.304. The Hall–Kier alpha value is -3.22. The average molecular weight is 409 g/mol. The Bertz CT molecular complexity index is 1210. The van der Waals surface area contributed by atoms with E-state index in [9.17, 15) is 18.4 Å². The number of hydrogen-bond acceptors (Lipinski definition) is 3. The van der Waals surface area contributed by atoms with E-state index in [2.05, 4.69) is 4.98 Å². The highest BCUT2D eigenvalue weighted by Gasteiger charge is 2.42. The lowest BCUT2D eigenvalue weighted by Gasteiger charge is -2.23. The summed E-state index contributed by atoms with van der Waals surface area (Å²) >= 11 is 0. The number of carbonyl (C=O) groups excluding carboxylic acids is 1. The van der Waals surface area contributed by atoms with Crippen molar-refractivity contribution in [2.24, 2.45) is 11.8 Å².